The normalized spacial score (nSPS) is 31.8. The molecule has 5 aromatic rings. The Bertz CT molecular complexity index is 4460. The highest BCUT2D eigenvalue weighted by atomic mass is 35.5. The molecule has 0 aliphatic carbocycles. The predicted octanol–water partition coefficient (Wildman–Crippen LogP) is -1.86. The van der Waals surface area contributed by atoms with Crippen LogP contribution in [0, 0.1) is 5.92 Å². The Hall–Kier alpha value is -9.69. The topological polar surface area (TPSA) is 606 Å². The molecule has 5 aromatic carbocycles. The summed E-state index contributed by atoms with van der Waals surface area (Å²) in [6.07, 6.45) is -30.2. The van der Waals surface area contributed by atoms with Crippen molar-refractivity contribution in [2.75, 3.05) is 13.7 Å². The van der Waals surface area contributed by atoms with Crippen molar-refractivity contribution >= 4 is 76.8 Å². The number of nitrogens with one attached hydrogen (secondary N) is 7. The van der Waals surface area contributed by atoms with Gasteiger partial charge in [0.25, 0.3) is 0 Å². The number of aromatic hydroxyl groups is 3. The molecule has 8 aliphatic heterocycles. The lowest BCUT2D eigenvalue weighted by Crippen LogP contribution is -2.65. The summed E-state index contributed by atoms with van der Waals surface area (Å²) < 4.78 is 49.7. The van der Waals surface area contributed by atoms with E-state index in [4.69, 9.17) is 72.6 Å². The van der Waals surface area contributed by atoms with Crippen molar-refractivity contribution in [1.82, 2.24) is 37.2 Å². The van der Waals surface area contributed by atoms with E-state index >= 15 is 19.2 Å². The highest BCUT2D eigenvalue weighted by molar-refractivity contribution is 6.32. The van der Waals surface area contributed by atoms with Crippen LogP contribution in [0.25, 0.3) is 11.1 Å². The minimum Gasteiger partial charge on any atom is -0.508 e. The number of hydrogen-bond donors (Lipinski definition) is 21. The number of primary amides is 1. The number of hydrogen-bond acceptors (Lipinski definition) is 30. The van der Waals surface area contributed by atoms with Gasteiger partial charge in [-0.3, -0.25) is 33.6 Å². The maximum Gasteiger partial charge on any atom is 0.330 e. The summed E-state index contributed by atoms with van der Waals surface area (Å²) in [6.45, 7) is 5.35. The third-order valence-corrected chi connectivity index (χ3v) is 20.4. The van der Waals surface area contributed by atoms with Gasteiger partial charge in [0.1, 0.15) is 120 Å². The first kappa shape index (κ1) is 83.3. The SMILES string of the molecule is CN[C@H](CC(C)C)C(=O)N[C@H]1C(=O)N[C@@H](CC(N)=O)C(=O)N[C@H]2C(=O)N[C@H]3C(=O)NC(C(=O)N[C@@H](C(=O)O)c4cc(O)cc(O)c4-c4cc3ccc4O)C(O[C@H]3C[C@](C)(N)[C@@H](O)[C@H](C)O3)c3ccc(c(Cl)c3)Oc3cc2cc(c3OC2O[C@H](CO)[C@@H](OC3O[C@H](C=O)[C@H](O)[C@H](O)[C@H]3O)[C@H](O)[C@H]2O)Oc2ccc(cc2Cl)[C@H]1O. The van der Waals surface area contributed by atoms with Gasteiger partial charge in [-0.15, -0.1) is 0 Å². The smallest absolute Gasteiger partial charge is 0.330 e. The number of aliphatic hydroxyl groups excluding tert-OH is 8. The number of nitrogens with two attached hydrogens (primary N) is 2. The van der Waals surface area contributed by atoms with E-state index in [1.54, 1.807) is 13.8 Å². The summed E-state index contributed by atoms with van der Waals surface area (Å²) in [4.78, 5) is 131. The van der Waals surface area contributed by atoms with Crippen LogP contribution in [-0.2, 0) is 66.8 Å². The van der Waals surface area contributed by atoms with Gasteiger partial charge in [0.15, 0.2) is 36.4 Å². The van der Waals surface area contributed by atoms with Crippen molar-refractivity contribution in [1.29, 1.82) is 0 Å². The molecule has 13 rings (SSSR count). The number of phenolic OH excluding ortho intramolecular Hbond substituents is 3. The zero-order chi connectivity index (χ0) is 81.5. The lowest BCUT2D eigenvalue weighted by molar-refractivity contribution is -0.346. The number of carboxylic acid groups (broad SMARTS) is 1. The third-order valence-electron chi connectivity index (χ3n) is 19.8. The maximum absolute atomic E-state index is 16.3. The largest absolute Gasteiger partial charge is 0.508 e. The molecule has 8 aliphatic rings. The number of carbonyl (C=O) groups is 9. The Kier molecular flexibility index (Phi) is 25.2. The molecule has 7 amide bonds. The fraction of sp³-hybridized carbons (Fsp3) is 0.458. The number of fused-ring (bicyclic) bond motifs is 15. The molecule has 8 heterocycles. The number of aliphatic carboxylic acids is 1. The Balaban J connectivity index is 1.16. The molecule has 23 atom stereocenters. The summed E-state index contributed by atoms with van der Waals surface area (Å²) in [5, 5.41) is 153. The first-order chi connectivity index (χ1) is 52.9. The average molecular weight is 1610 g/mol. The van der Waals surface area contributed by atoms with Crippen LogP contribution in [0.15, 0.2) is 78.9 Å². The fourth-order valence-corrected chi connectivity index (χ4v) is 14.4. The molecular formula is C72H83Cl2N9O29. The van der Waals surface area contributed by atoms with Gasteiger partial charge in [-0.05, 0) is 110 Å². The molecule has 11 bridgehead atoms. The van der Waals surface area contributed by atoms with Gasteiger partial charge in [-0.1, -0.05) is 55.2 Å². The fourth-order valence-electron chi connectivity index (χ4n) is 13.9. The van der Waals surface area contributed by atoms with E-state index in [2.05, 4.69) is 37.2 Å². The Morgan fingerprint density at radius 3 is 1.91 bits per heavy atom. The second kappa shape index (κ2) is 33.9. The monoisotopic (exact) mass is 1610 g/mol. The molecule has 0 saturated carbocycles. The van der Waals surface area contributed by atoms with E-state index in [9.17, 15) is 85.3 Å². The van der Waals surface area contributed by atoms with Crippen LogP contribution in [-0.4, -0.2) is 238 Å². The zero-order valence-electron chi connectivity index (χ0n) is 59.9. The van der Waals surface area contributed by atoms with Crippen molar-refractivity contribution in [3.8, 4) is 57.1 Å². The van der Waals surface area contributed by atoms with E-state index in [1.165, 1.54) is 33.0 Å². The van der Waals surface area contributed by atoms with E-state index in [0.29, 0.717) is 0 Å². The summed E-state index contributed by atoms with van der Waals surface area (Å²) in [6, 6.07) is -1.23. The molecule has 38 nitrogen and oxygen atoms in total. The summed E-state index contributed by atoms with van der Waals surface area (Å²) in [7, 11) is 1.45. The van der Waals surface area contributed by atoms with Crippen molar-refractivity contribution < 1.29 is 142 Å². The molecular weight excluding hydrogens is 1530 g/mol. The number of rotatable bonds is 16. The Morgan fingerprint density at radius 2 is 1.30 bits per heavy atom. The number of ether oxygens (including phenoxy) is 8. The highest BCUT2D eigenvalue weighted by Crippen LogP contribution is 2.50. The summed E-state index contributed by atoms with van der Waals surface area (Å²) in [5.41, 5.74) is 7.86. The minimum absolute atomic E-state index is 0.0800. The number of carbonyl (C=O) groups excluding carboxylic acids is 8. The number of amides is 7. The number of benzene rings is 5. The molecule has 4 unspecified atom stereocenters. The zero-order valence-corrected chi connectivity index (χ0v) is 61.4. The maximum atomic E-state index is 16.3. The molecule has 0 radical (unpaired) electrons. The number of carboxylic acids is 1. The Morgan fingerprint density at radius 1 is 0.688 bits per heavy atom. The molecule has 23 N–H and O–H groups in total. The highest BCUT2D eigenvalue weighted by Gasteiger charge is 2.53. The standard InChI is InChI=1S/C72H83Cl2N9O29/c1-24(2)12-35(77-5)63(97)82-51-53(90)27-7-10-39(33(73)14-27)106-41-16-29-17-42(60(41)111-71-58(95)56(93)61(44(23-85)109-71)112-70-57(94)55(92)54(91)43(22-84)108-70)107-40-11-8-28(15-34(40)74)59(110-46-21-72(4,76)62(96)25(3)105-46)52-68(102)81-50(69(103)104)32-18-30(86)19-38(88)47(32)31-13-26(6-9-37(31)87)48(65(99)83-52)80-66(100)49(29)79-64(98)36(20-45(75)89)78-67(51)101/h6-11,13-19,22,24-25,35-36,43-44,46,48-59,61-62,70-71,77,85-88,90-96H,12,20-21,23,76H2,1-5H3,(H2,75,89)(H,78,101)(H,79,98)(H,80,100)(H,81,102)(H,82,97)(H,83,99)(H,103,104)/t25-,35+,36-,43+,44+,46-,48+,49+,50+,51+,52?,53+,54-,55-,56+,57+,58+,59?,61+,62-,70?,71?,72-/m0/s1. The van der Waals surface area contributed by atoms with Crippen LogP contribution in [0.1, 0.15) is 105 Å². The van der Waals surface area contributed by atoms with Crippen LogP contribution in [0.4, 0.5) is 0 Å². The van der Waals surface area contributed by atoms with E-state index < -0.39 is 284 Å². The van der Waals surface area contributed by atoms with Gasteiger partial charge in [-0.25, -0.2) is 4.79 Å². The van der Waals surface area contributed by atoms with Gasteiger partial charge >= 0.3 is 5.97 Å². The Labute approximate surface area is 645 Å². The average Bonchev–Trinajstić information content (AvgIpc) is 0.765. The first-order valence-corrected chi connectivity index (χ1v) is 35.7. The van der Waals surface area contributed by atoms with Gasteiger partial charge < -0.3 is 153 Å². The molecule has 112 heavy (non-hydrogen) atoms. The number of aliphatic hydroxyl groups is 8. The quantitative estimate of drug-likeness (QED) is 0.0482. The van der Waals surface area contributed by atoms with E-state index in [-0.39, 0.29) is 36.2 Å². The van der Waals surface area contributed by atoms with Crippen molar-refractivity contribution in [3.63, 3.8) is 0 Å². The van der Waals surface area contributed by atoms with E-state index in [1.807, 2.05) is 0 Å². The third kappa shape index (κ3) is 17.4. The lowest BCUT2D eigenvalue weighted by atomic mass is 9.86. The van der Waals surface area contributed by atoms with Crippen molar-refractivity contribution in [2.45, 2.75) is 187 Å². The van der Waals surface area contributed by atoms with Gasteiger partial charge in [-0.2, -0.15) is 0 Å². The molecule has 3 fully saturated rings. The molecule has 3 saturated heterocycles. The van der Waals surface area contributed by atoms with Crippen LogP contribution in [0.3, 0.4) is 0 Å². The molecule has 0 spiro atoms. The number of halogens is 2. The molecule has 604 valence electrons. The van der Waals surface area contributed by atoms with Crippen LogP contribution >= 0.6 is 23.2 Å². The van der Waals surface area contributed by atoms with Crippen LogP contribution in [0.2, 0.25) is 10.0 Å². The van der Waals surface area contributed by atoms with Crippen molar-refractivity contribution in [2.24, 2.45) is 17.4 Å². The minimum atomic E-state index is -2.43. The van der Waals surface area contributed by atoms with Crippen molar-refractivity contribution in [3.05, 3.63) is 117 Å². The first-order valence-electron chi connectivity index (χ1n) is 35.0. The molecule has 40 heteroatoms. The van der Waals surface area contributed by atoms with Crippen LogP contribution < -0.4 is 62.9 Å². The lowest BCUT2D eigenvalue weighted by Gasteiger charge is -2.45. The number of likely N-dealkylation sites (N-methyl/N-ethyl adjacent to an activating group) is 1. The summed E-state index contributed by atoms with van der Waals surface area (Å²) in [5.74, 6) is -16.8. The van der Waals surface area contributed by atoms with E-state index in [0.717, 1.165) is 66.7 Å². The molecule has 0 aromatic heterocycles. The number of phenols is 3. The summed E-state index contributed by atoms with van der Waals surface area (Å²) >= 11 is 14.3. The van der Waals surface area contributed by atoms with Gasteiger partial charge in [0, 0.05) is 34.7 Å². The van der Waals surface area contributed by atoms with Crippen LogP contribution in [0.5, 0.6) is 46.0 Å². The number of aldehydes is 1. The second-order valence-electron chi connectivity index (χ2n) is 28.4. The van der Waals surface area contributed by atoms with Gasteiger partial charge in [0.2, 0.25) is 53.4 Å². The second-order valence-corrected chi connectivity index (χ2v) is 29.2. The van der Waals surface area contributed by atoms with Gasteiger partial charge in [0.05, 0.1) is 41.3 Å². The predicted molar refractivity (Wildman–Crippen MR) is 381 cm³/mol.